The average Bonchev–Trinajstić information content (AvgIpc) is 3.06. The maximum absolute atomic E-state index is 14.9. The number of thiocarbonyl (C=S) groups is 1. The van der Waals surface area contributed by atoms with Crippen LogP contribution in [0.4, 0.5) is 34.1 Å². The van der Waals surface area contributed by atoms with Gasteiger partial charge < -0.3 is 25.0 Å². The predicted octanol–water partition coefficient (Wildman–Crippen LogP) is 3.29. The van der Waals surface area contributed by atoms with E-state index < -0.39 is 41.1 Å². The molecule has 34 heavy (non-hydrogen) atoms. The summed E-state index contributed by atoms with van der Waals surface area (Å²) in [6.45, 7) is 6.64. The summed E-state index contributed by atoms with van der Waals surface area (Å²) < 4.78 is 50.4. The van der Waals surface area contributed by atoms with Crippen molar-refractivity contribution in [1.29, 1.82) is 0 Å². The Hall–Kier alpha value is -2.76. The Morgan fingerprint density at radius 2 is 1.94 bits per heavy atom. The van der Waals surface area contributed by atoms with Gasteiger partial charge in [-0.15, -0.1) is 0 Å². The molecule has 186 valence electrons. The van der Waals surface area contributed by atoms with E-state index in [2.05, 4.69) is 22.9 Å². The van der Waals surface area contributed by atoms with E-state index >= 15 is 0 Å². The lowest BCUT2D eigenvalue weighted by Gasteiger charge is -2.25. The van der Waals surface area contributed by atoms with Crippen LogP contribution < -0.4 is 20.4 Å². The first-order valence-electron chi connectivity index (χ1n) is 11.0. The van der Waals surface area contributed by atoms with Gasteiger partial charge in [0.2, 0.25) is 0 Å². The number of ether oxygens (including phenoxy) is 2. The van der Waals surface area contributed by atoms with Gasteiger partial charge in [0.05, 0.1) is 24.5 Å². The van der Waals surface area contributed by atoms with Crippen molar-refractivity contribution in [1.82, 2.24) is 10.6 Å². The number of halogens is 3. The number of nitrogens with zero attached hydrogens (tertiary/aromatic N) is 2. The highest BCUT2D eigenvalue weighted by molar-refractivity contribution is 7.80. The van der Waals surface area contributed by atoms with Crippen molar-refractivity contribution in [3.63, 3.8) is 0 Å². The summed E-state index contributed by atoms with van der Waals surface area (Å²) in [6, 6.07) is 4.52. The van der Waals surface area contributed by atoms with Crippen LogP contribution in [0.2, 0.25) is 0 Å². The van der Waals surface area contributed by atoms with Crippen LogP contribution in [0.3, 0.4) is 0 Å². The maximum Gasteiger partial charge on any atom is 0.414 e. The van der Waals surface area contributed by atoms with Crippen molar-refractivity contribution < 1.29 is 32.2 Å². The fraction of sp³-hybridized carbons (Fsp3) is 0.591. The maximum atomic E-state index is 14.9. The zero-order chi connectivity index (χ0) is 24.8. The van der Waals surface area contributed by atoms with E-state index in [9.17, 15) is 22.8 Å². The van der Waals surface area contributed by atoms with E-state index in [1.807, 2.05) is 4.90 Å². The SMILES string of the molecule is CC(C)(C)OC(=O)NC1C2CN(c3ccc(N4CC(CNC(=S)C(F)F)OC4=O)cc3F)CC21. The Morgan fingerprint density at radius 1 is 1.26 bits per heavy atom. The largest absolute Gasteiger partial charge is 0.444 e. The predicted molar refractivity (Wildman–Crippen MR) is 123 cm³/mol. The molecule has 2 amide bonds. The molecule has 1 saturated carbocycles. The van der Waals surface area contributed by atoms with Crippen molar-refractivity contribution in [2.24, 2.45) is 11.8 Å². The minimum absolute atomic E-state index is 0.0244. The molecule has 3 atom stereocenters. The van der Waals surface area contributed by atoms with Crippen LogP contribution >= 0.6 is 12.2 Å². The third-order valence-corrected chi connectivity index (χ3v) is 6.36. The van der Waals surface area contributed by atoms with E-state index in [1.165, 1.54) is 11.0 Å². The van der Waals surface area contributed by atoms with Crippen molar-refractivity contribution in [2.75, 3.05) is 36.0 Å². The number of anilines is 2. The minimum atomic E-state index is -2.79. The number of alkyl carbamates (subject to hydrolysis) is 1. The first-order chi connectivity index (χ1) is 15.9. The number of fused-ring (bicyclic) bond motifs is 1. The second-order valence-electron chi connectivity index (χ2n) is 9.70. The van der Waals surface area contributed by atoms with Gasteiger partial charge in [0.25, 0.3) is 6.43 Å². The van der Waals surface area contributed by atoms with Crippen LogP contribution in [0.15, 0.2) is 18.2 Å². The summed E-state index contributed by atoms with van der Waals surface area (Å²) in [7, 11) is 0. The Balaban J connectivity index is 1.30. The van der Waals surface area contributed by atoms with Gasteiger partial charge in [0.15, 0.2) is 0 Å². The van der Waals surface area contributed by atoms with Gasteiger partial charge in [0, 0.05) is 31.0 Å². The van der Waals surface area contributed by atoms with Gasteiger partial charge in [-0.25, -0.2) is 22.8 Å². The number of carbonyl (C=O) groups excluding carboxylic acids is 2. The monoisotopic (exact) mass is 500 g/mol. The van der Waals surface area contributed by atoms with Gasteiger partial charge in [-0.3, -0.25) is 4.90 Å². The van der Waals surface area contributed by atoms with E-state index in [4.69, 9.17) is 9.47 Å². The number of hydrogen-bond donors (Lipinski definition) is 2. The molecule has 1 aromatic rings. The van der Waals surface area contributed by atoms with E-state index in [-0.39, 0.29) is 31.0 Å². The fourth-order valence-corrected chi connectivity index (χ4v) is 4.51. The summed E-state index contributed by atoms with van der Waals surface area (Å²) in [6.07, 6.45) is -4.60. The molecule has 2 N–H and O–H groups in total. The average molecular weight is 501 g/mol. The zero-order valence-electron chi connectivity index (χ0n) is 19.0. The molecule has 4 rings (SSSR count). The Labute approximate surface area is 200 Å². The van der Waals surface area contributed by atoms with E-state index in [0.717, 1.165) is 0 Å². The Kier molecular flexibility index (Phi) is 6.54. The van der Waals surface area contributed by atoms with Gasteiger partial charge in [-0.05, 0) is 39.0 Å². The number of benzene rings is 1. The number of amides is 2. The molecule has 0 spiro atoms. The van der Waals surface area contributed by atoms with Gasteiger partial charge in [0.1, 0.15) is 22.5 Å². The second kappa shape index (κ2) is 9.12. The van der Waals surface area contributed by atoms with Crippen molar-refractivity contribution >= 4 is 40.8 Å². The summed E-state index contributed by atoms with van der Waals surface area (Å²) in [5, 5.41) is 5.25. The van der Waals surface area contributed by atoms with Crippen molar-refractivity contribution in [2.45, 2.75) is 44.9 Å². The van der Waals surface area contributed by atoms with E-state index in [0.29, 0.717) is 24.5 Å². The molecule has 0 bridgehead atoms. The summed E-state index contributed by atoms with van der Waals surface area (Å²) in [5.74, 6) is -0.0239. The number of carbonyl (C=O) groups is 2. The molecule has 2 saturated heterocycles. The summed E-state index contributed by atoms with van der Waals surface area (Å²) in [4.78, 5) is 26.7. The molecule has 3 fully saturated rings. The molecule has 2 heterocycles. The molecule has 8 nitrogen and oxygen atoms in total. The number of piperidine rings is 1. The first-order valence-corrected chi connectivity index (χ1v) is 11.4. The minimum Gasteiger partial charge on any atom is -0.444 e. The molecule has 2 aliphatic heterocycles. The molecule has 0 radical (unpaired) electrons. The van der Waals surface area contributed by atoms with Crippen LogP contribution in [0.1, 0.15) is 20.8 Å². The van der Waals surface area contributed by atoms with E-state index in [1.54, 1.807) is 32.9 Å². The fourth-order valence-electron chi connectivity index (χ4n) is 4.43. The summed E-state index contributed by atoms with van der Waals surface area (Å²) in [5.41, 5.74) is 0.168. The van der Waals surface area contributed by atoms with Crippen LogP contribution in [0.5, 0.6) is 0 Å². The third-order valence-electron chi connectivity index (χ3n) is 6.04. The highest BCUT2D eigenvalue weighted by Gasteiger charge is 2.57. The standard InChI is InChI=1S/C22H27F3N4O4S/c1-22(2,3)33-20(30)27-17-13-9-28(10-14(13)17)16-5-4-11(6-15(16)23)29-8-12(32-21(29)31)7-26-19(34)18(24)25/h4-6,12-14,17-18H,7-10H2,1-3H3,(H,26,34)(H,27,30). The van der Waals surface area contributed by atoms with Crippen LogP contribution in [0, 0.1) is 17.7 Å². The number of nitrogens with one attached hydrogen (secondary N) is 2. The quantitative estimate of drug-likeness (QED) is 0.580. The topological polar surface area (TPSA) is 83.1 Å². The number of alkyl halides is 2. The Bertz CT molecular complexity index is 977. The van der Waals surface area contributed by atoms with Crippen molar-refractivity contribution in [3.8, 4) is 0 Å². The molecule has 0 aromatic heterocycles. The molecular formula is C22H27F3N4O4S. The molecular weight excluding hydrogens is 473 g/mol. The van der Waals surface area contributed by atoms with Crippen LogP contribution in [-0.4, -0.2) is 67.5 Å². The summed E-state index contributed by atoms with van der Waals surface area (Å²) >= 11 is 4.51. The first kappa shape index (κ1) is 24.4. The lowest BCUT2D eigenvalue weighted by Crippen LogP contribution is -2.38. The van der Waals surface area contributed by atoms with Crippen LogP contribution in [0.25, 0.3) is 0 Å². The molecule has 3 unspecified atom stereocenters. The molecule has 1 aromatic carbocycles. The number of rotatable bonds is 6. The second-order valence-corrected chi connectivity index (χ2v) is 10.1. The van der Waals surface area contributed by atoms with Gasteiger partial charge in [-0.1, -0.05) is 12.2 Å². The number of cyclic esters (lactones) is 1. The highest BCUT2D eigenvalue weighted by Crippen LogP contribution is 2.47. The highest BCUT2D eigenvalue weighted by atomic mass is 32.1. The number of hydrogen-bond acceptors (Lipinski definition) is 6. The van der Waals surface area contributed by atoms with Crippen molar-refractivity contribution in [3.05, 3.63) is 24.0 Å². The molecule has 1 aliphatic carbocycles. The third kappa shape index (κ3) is 5.31. The molecule has 12 heteroatoms. The van der Waals surface area contributed by atoms with Gasteiger partial charge in [-0.2, -0.15) is 0 Å². The van der Waals surface area contributed by atoms with Crippen LogP contribution in [-0.2, 0) is 9.47 Å². The van der Waals surface area contributed by atoms with Gasteiger partial charge >= 0.3 is 12.2 Å². The molecule has 3 aliphatic rings. The Morgan fingerprint density at radius 3 is 2.53 bits per heavy atom. The smallest absolute Gasteiger partial charge is 0.414 e. The lowest BCUT2D eigenvalue weighted by molar-refractivity contribution is 0.0518. The lowest BCUT2D eigenvalue weighted by atomic mass is 10.2. The zero-order valence-corrected chi connectivity index (χ0v) is 19.8. The normalized spacial score (nSPS) is 25.8.